The first-order valence-corrected chi connectivity index (χ1v) is 7.01. The van der Waals surface area contributed by atoms with Gasteiger partial charge in [-0.1, -0.05) is 18.2 Å². The zero-order valence-electron chi connectivity index (χ0n) is 10.6. The standard InChI is InChI=1S/C14H13BO3S/c1-9-4-14(19-8-9)13(16)6-10-2-3-11-7-18-15(17)12(11)5-10/h2-5,8,17H,6-7H2,1H3. The van der Waals surface area contributed by atoms with E-state index in [2.05, 4.69) is 0 Å². The Hall–Kier alpha value is -1.43. The molecule has 0 unspecified atom stereocenters. The van der Waals surface area contributed by atoms with Crippen LogP contribution in [0, 0.1) is 6.92 Å². The van der Waals surface area contributed by atoms with Crippen molar-refractivity contribution in [3.63, 3.8) is 0 Å². The van der Waals surface area contributed by atoms with Crippen molar-refractivity contribution in [3.05, 3.63) is 51.2 Å². The molecule has 19 heavy (non-hydrogen) atoms. The Kier molecular flexibility index (Phi) is 3.27. The van der Waals surface area contributed by atoms with Gasteiger partial charge in [0, 0.05) is 6.42 Å². The maximum atomic E-state index is 12.1. The number of thiophene rings is 1. The Bertz CT molecular complexity index is 635. The highest BCUT2D eigenvalue weighted by Crippen LogP contribution is 2.17. The molecule has 0 spiro atoms. The van der Waals surface area contributed by atoms with E-state index in [9.17, 15) is 9.82 Å². The predicted molar refractivity (Wildman–Crippen MR) is 75.9 cm³/mol. The van der Waals surface area contributed by atoms with Crippen LogP contribution in [-0.2, 0) is 17.7 Å². The van der Waals surface area contributed by atoms with Gasteiger partial charge in [-0.25, -0.2) is 0 Å². The number of aryl methyl sites for hydroxylation is 1. The summed E-state index contributed by atoms with van der Waals surface area (Å²) < 4.78 is 5.14. The maximum Gasteiger partial charge on any atom is 0.491 e. The largest absolute Gasteiger partial charge is 0.491 e. The third-order valence-corrected chi connectivity index (χ3v) is 4.33. The molecule has 1 N–H and O–H groups in total. The molecule has 0 aliphatic carbocycles. The van der Waals surface area contributed by atoms with Crippen LogP contribution in [0.5, 0.6) is 0 Å². The number of hydrogen-bond acceptors (Lipinski definition) is 4. The molecule has 1 aliphatic heterocycles. The Morgan fingerprint density at radius 1 is 1.47 bits per heavy atom. The van der Waals surface area contributed by atoms with Crippen molar-refractivity contribution in [1.29, 1.82) is 0 Å². The van der Waals surface area contributed by atoms with Gasteiger partial charge in [0.1, 0.15) is 0 Å². The molecule has 0 bridgehead atoms. The van der Waals surface area contributed by atoms with Crippen LogP contribution in [-0.4, -0.2) is 17.9 Å². The lowest BCUT2D eigenvalue weighted by molar-refractivity contribution is 0.0997. The minimum absolute atomic E-state index is 0.117. The lowest BCUT2D eigenvalue weighted by Gasteiger charge is -2.03. The second kappa shape index (κ2) is 4.92. The van der Waals surface area contributed by atoms with Crippen molar-refractivity contribution in [2.75, 3.05) is 0 Å². The topological polar surface area (TPSA) is 46.5 Å². The SMILES string of the molecule is Cc1csc(C(=O)Cc2ccc3c(c2)B(O)OC3)c1. The predicted octanol–water partition coefficient (Wildman–Crippen LogP) is 1.70. The minimum Gasteiger partial charge on any atom is -0.423 e. The van der Waals surface area contributed by atoms with E-state index in [4.69, 9.17) is 4.65 Å². The third-order valence-electron chi connectivity index (χ3n) is 3.24. The molecule has 96 valence electrons. The zero-order chi connectivity index (χ0) is 13.4. The summed E-state index contributed by atoms with van der Waals surface area (Å²) >= 11 is 1.48. The molecule has 2 aromatic rings. The van der Waals surface area contributed by atoms with Crippen LogP contribution in [0.4, 0.5) is 0 Å². The van der Waals surface area contributed by atoms with Gasteiger partial charge in [-0.2, -0.15) is 0 Å². The number of hydrogen-bond donors (Lipinski definition) is 1. The Morgan fingerprint density at radius 2 is 2.32 bits per heavy atom. The van der Waals surface area contributed by atoms with Crippen LogP contribution in [0.2, 0.25) is 0 Å². The number of Topliss-reactive ketones (excluding diaryl/α,β-unsaturated/α-hetero) is 1. The second-order valence-electron chi connectivity index (χ2n) is 4.78. The van der Waals surface area contributed by atoms with E-state index in [1.807, 2.05) is 36.6 Å². The highest BCUT2D eigenvalue weighted by Gasteiger charge is 2.27. The molecular formula is C14H13BO3S. The van der Waals surface area contributed by atoms with E-state index in [1.54, 1.807) is 0 Å². The molecule has 3 nitrogen and oxygen atoms in total. The smallest absolute Gasteiger partial charge is 0.423 e. The van der Waals surface area contributed by atoms with Gasteiger partial charge in [-0.3, -0.25) is 4.79 Å². The molecule has 0 saturated heterocycles. The molecule has 0 radical (unpaired) electrons. The Morgan fingerprint density at radius 3 is 3.05 bits per heavy atom. The fourth-order valence-corrected chi connectivity index (χ4v) is 3.06. The first-order valence-electron chi connectivity index (χ1n) is 6.13. The average Bonchev–Trinajstić information content (AvgIpc) is 2.97. The molecule has 1 aromatic carbocycles. The summed E-state index contributed by atoms with van der Waals surface area (Å²) in [6, 6.07) is 7.64. The number of carbonyl (C=O) groups excluding carboxylic acids is 1. The number of benzene rings is 1. The summed E-state index contributed by atoms with van der Waals surface area (Å²) in [4.78, 5) is 12.9. The average molecular weight is 272 g/mol. The Balaban J connectivity index is 1.81. The molecule has 0 amide bonds. The molecule has 1 aliphatic rings. The number of rotatable bonds is 3. The van der Waals surface area contributed by atoms with Crippen LogP contribution in [0.3, 0.4) is 0 Å². The van der Waals surface area contributed by atoms with Crippen molar-refractivity contribution in [2.45, 2.75) is 20.0 Å². The molecule has 3 rings (SSSR count). The third kappa shape index (κ3) is 2.49. The quantitative estimate of drug-likeness (QED) is 0.683. The Labute approximate surface area is 116 Å². The van der Waals surface area contributed by atoms with Gasteiger partial charge in [-0.15, -0.1) is 11.3 Å². The van der Waals surface area contributed by atoms with Gasteiger partial charge in [0.15, 0.2) is 5.78 Å². The summed E-state index contributed by atoms with van der Waals surface area (Å²) in [5.41, 5.74) is 3.81. The molecule has 1 aromatic heterocycles. The van der Waals surface area contributed by atoms with Gasteiger partial charge >= 0.3 is 7.12 Å². The summed E-state index contributed by atoms with van der Waals surface area (Å²) in [6.07, 6.45) is 0.361. The van der Waals surface area contributed by atoms with E-state index < -0.39 is 7.12 Å². The molecule has 2 heterocycles. The van der Waals surface area contributed by atoms with Crippen molar-refractivity contribution in [1.82, 2.24) is 0 Å². The monoisotopic (exact) mass is 272 g/mol. The summed E-state index contributed by atoms with van der Waals surface area (Å²) in [7, 11) is -0.853. The first kappa shape index (κ1) is 12.6. The van der Waals surface area contributed by atoms with E-state index >= 15 is 0 Å². The molecule has 0 atom stereocenters. The summed E-state index contributed by atoms with van der Waals surface area (Å²) in [5, 5.41) is 11.6. The van der Waals surface area contributed by atoms with E-state index in [0.29, 0.717) is 13.0 Å². The molecular weight excluding hydrogens is 259 g/mol. The minimum atomic E-state index is -0.853. The van der Waals surface area contributed by atoms with Gasteiger partial charge in [0.2, 0.25) is 0 Å². The highest BCUT2D eigenvalue weighted by atomic mass is 32.1. The molecule has 0 fully saturated rings. The fraction of sp³-hybridized carbons (Fsp3) is 0.214. The normalized spacial score (nSPS) is 13.7. The second-order valence-corrected chi connectivity index (χ2v) is 5.70. The summed E-state index contributed by atoms with van der Waals surface area (Å²) in [6.45, 7) is 2.42. The highest BCUT2D eigenvalue weighted by molar-refractivity contribution is 7.12. The summed E-state index contributed by atoms with van der Waals surface area (Å²) in [5.74, 6) is 0.117. The van der Waals surface area contributed by atoms with E-state index in [0.717, 1.165) is 27.0 Å². The fourth-order valence-electron chi connectivity index (χ4n) is 2.22. The van der Waals surface area contributed by atoms with Crippen LogP contribution in [0.25, 0.3) is 0 Å². The van der Waals surface area contributed by atoms with E-state index in [-0.39, 0.29) is 5.78 Å². The van der Waals surface area contributed by atoms with Crippen molar-refractivity contribution >= 4 is 29.7 Å². The van der Waals surface area contributed by atoms with Crippen LogP contribution >= 0.6 is 11.3 Å². The van der Waals surface area contributed by atoms with E-state index in [1.165, 1.54) is 11.3 Å². The van der Waals surface area contributed by atoms with Gasteiger partial charge in [0.05, 0.1) is 11.5 Å². The first-order chi connectivity index (χ1) is 9.13. The van der Waals surface area contributed by atoms with Crippen molar-refractivity contribution in [3.8, 4) is 0 Å². The lowest BCUT2D eigenvalue weighted by Crippen LogP contribution is -2.28. The van der Waals surface area contributed by atoms with Gasteiger partial charge < -0.3 is 9.68 Å². The maximum absolute atomic E-state index is 12.1. The van der Waals surface area contributed by atoms with Crippen molar-refractivity contribution < 1.29 is 14.5 Å². The van der Waals surface area contributed by atoms with Crippen LogP contribution in [0.15, 0.2) is 29.6 Å². The number of fused-ring (bicyclic) bond motifs is 1. The van der Waals surface area contributed by atoms with Crippen molar-refractivity contribution in [2.24, 2.45) is 0 Å². The molecule has 5 heteroatoms. The number of ketones is 1. The van der Waals surface area contributed by atoms with Crippen LogP contribution in [0.1, 0.15) is 26.4 Å². The lowest BCUT2D eigenvalue weighted by atomic mass is 9.78. The zero-order valence-corrected chi connectivity index (χ0v) is 11.4. The van der Waals surface area contributed by atoms with Gasteiger partial charge in [0.25, 0.3) is 0 Å². The number of carbonyl (C=O) groups is 1. The molecule has 0 saturated carbocycles. The van der Waals surface area contributed by atoms with Crippen LogP contribution < -0.4 is 5.46 Å². The van der Waals surface area contributed by atoms with Gasteiger partial charge in [-0.05, 0) is 40.5 Å².